The number of hydrogen-bond acceptors (Lipinski definition) is 8. The topological polar surface area (TPSA) is 114 Å². The molecule has 0 radical (unpaired) electrons. The molecule has 10 heteroatoms. The van der Waals surface area contributed by atoms with Gasteiger partial charge in [0.25, 0.3) is 0 Å². The van der Waals surface area contributed by atoms with Crippen molar-refractivity contribution in [2.45, 2.75) is 83.3 Å². The number of pyridine rings is 2. The number of nitrogens with zero attached hydrogens (tertiary/aromatic N) is 2. The highest BCUT2D eigenvalue weighted by Gasteiger charge is 2.40. The van der Waals surface area contributed by atoms with Crippen molar-refractivity contribution in [2.24, 2.45) is 0 Å². The normalized spacial score (nSPS) is 20.3. The van der Waals surface area contributed by atoms with Gasteiger partial charge in [-0.25, -0.2) is 23.7 Å². The molecule has 5 rings (SSSR count). The van der Waals surface area contributed by atoms with E-state index in [4.69, 9.17) is 19.4 Å². The van der Waals surface area contributed by atoms with E-state index < -0.39 is 21.3 Å². The molecule has 214 valence electrons. The molecule has 0 spiro atoms. The summed E-state index contributed by atoms with van der Waals surface area (Å²) in [5, 5.41) is 8.44. The zero-order valence-corrected chi connectivity index (χ0v) is 25.1. The standard InChI is InChI=1S/C30H39N5O4S/c1-8-23(35-40(37)29(3,4)5)19-9-11-24(38-18-14-31-15-18)22-16-32-26(13-21(19)22)33-25-12-10-20-27(34-25)17(2)30(6,7)39-28(20)36/h9-13,16-18,23,31,35H,8,14-15H2,1-7H3,(H,32,33,34)/t17-,23+,40+/m1/s1. The first kappa shape index (κ1) is 28.4. The predicted molar refractivity (Wildman–Crippen MR) is 159 cm³/mol. The minimum absolute atomic E-state index is 0.0705. The molecule has 9 nitrogen and oxygen atoms in total. The molecule has 1 aromatic carbocycles. The predicted octanol–water partition coefficient (Wildman–Crippen LogP) is 5.28. The van der Waals surface area contributed by atoms with Crippen LogP contribution in [0.4, 0.5) is 11.6 Å². The fourth-order valence-electron chi connectivity index (χ4n) is 4.80. The van der Waals surface area contributed by atoms with E-state index in [2.05, 4.69) is 28.3 Å². The third kappa shape index (κ3) is 5.57. The molecule has 3 N–H and O–H groups in total. The molecule has 0 bridgehead atoms. The molecule has 0 aliphatic carbocycles. The molecule has 2 aromatic heterocycles. The zero-order chi connectivity index (χ0) is 28.8. The Labute approximate surface area is 238 Å². The number of rotatable bonds is 8. The van der Waals surface area contributed by atoms with E-state index in [1.54, 1.807) is 12.1 Å². The van der Waals surface area contributed by atoms with Crippen LogP contribution in [0.25, 0.3) is 10.8 Å². The number of carbonyl (C=O) groups excluding carboxylic acids is 1. The minimum Gasteiger partial charge on any atom is -0.487 e. The van der Waals surface area contributed by atoms with Crippen LogP contribution in [-0.2, 0) is 15.7 Å². The number of esters is 1. The summed E-state index contributed by atoms with van der Waals surface area (Å²) in [5.74, 6) is 1.55. The fraction of sp³-hybridized carbons (Fsp3) is 0.500. The second-order valence-electron chi connectivity index (χ2n) is 12.1. The average Bonchev–Trinajstić information content (AvgIpc) is 2.87. The smallest absolute Gasteiger partial charge is 0.340 e. The van der Waals surface area contributed by atoms with Crippen LogP contribution < -0.4 is 20.1 Å². The van der Waals surface area contributed by atoms with Gasteiger partial charge in [-0.3, -0.25) is 0 Å². The van der Waals surface area contributed by atoms with Gasteiger partial charge in [-0.15, -0.1) is 0 Å². The number of nitrogens with one attached hydrogen (secondary N) is 3. The second-order valence-corrected chi connectivity index (χ2v) is 14.1. The number of carbonyl (C=O) groups is 1. The van der Waals surface area contributed by atoms with Crippen molar-refractivity contribution in [3.63, 3.8) is 0 Å². The lowest BCUT2D eigenvalue weighted by atomic mass is 9.84. The van der Waals surface area contributed by atoms with Crippen molar-refractivity contribution >= 4 is 39.4 Å². The van der Waals surface area contributed by atoms with E-state index in [1.165, 1.54) is 0 Å². The Morgan fingerprint density at radius 3 is 2.58 bits per heavy atom. The Morgan fingerprint density at radius 1 is 1.18 bits per heavy atom. The summed E-state index contributed by atoms with van der Waals surface area (Å²) in [4.78, 5) is 22.0. The van der Waals surface area contributed by atoms with Crippen LogP contribution in [0.3, 0.4) is 0 Å². The Balaban J connectivity index is 1.53. The summed E-state index contributed by atoms with van der Waals surface area (Å²) in [5.41, 5.74) is 1.57. The van der Waals surface area contributed by atoms with E-state index in [0.717, 1.165) is 41.6 Å². The van der Waals surface area contributed by atoms with Crippen LogP contribution in [0, 0.1) is 0 Å². The molecule has 40 heavy (non-hydrogen) atoms. The molecule has 4 heterocycles. The fourth-order valence-corrected chi connectivity index (χ4v) is 5.70. The van der Waals surface area contributed by atoms with Gasteiger partial charge in [0.15, 0.2) is 0 Å². The molecule has 2 aliphatic heterocycles. The van der Waals surface area contributed by atoms with Gasteiger partial charge in [0.2, 0.25) is 0 Å². The molecule has 3 aromatic rings. The van der Waals surface area contributed by atoms with E-state index in [9.17, 15) is 9.00 Å². The molecule has 3 atom stereocenters. The van der Waals surface area contributed by atoms with Gasteiger partial charge in [0.1, 0.15) is 29.1 Å². The Hall–Kier alpha value is -3.08. The third-order valence-corrected chi connectivity index (χ3v) is 9.34. The maximum Gasteiger partial charge on any atom is 0.340 e. The zero-order valence-electron chi connectivity index (χ0n) is 24.3. The van der Waals surface area contributed by atoms with E-state index in [0.29, 0.717) is 22.9 Å². The van der Waals surface area contributed by atoms with Gasteiger partial charge >= 0.3 is 5.97 Å². The number of fused-ring (bicyclic) bond motifs is 2. The maximum atomic E-state index is 13.0. The van der Waals surface area contributed by atoms with Crippen LogP contribution >= 0.6 is 0 Å². The van der Waals surface area contributed by atoms with Crippen LogP contribution in [0.2, 0.25) is 0 Å². The molecule has 1 fully saturated rings. The molecular formula is C30H39N5O4S. The van der Waals surface area contributed by atoms with Crippen LogP contribution in [0.1, 0.15) is 88.5 Å². The Bertz CT molecular complexity index is 1460. The lowest BCUT2D eigenvalue weighted by Crippen LogP contribution is -2.50. The summed E-state index contributed by atoms with van der Waals surface area (Å²) < 4.78 is 27.9. The summed E-state index contributed by atoms with van der Waals surface area (Å²) in [6, 6.07) is 9.42. The van der Waals surface area contributed by atoms with Gasteiger partial charge in [-0.1, -0.05) is 19.9 Å². The monoisotopic (exact) mass is 565 g/mol. The first-order valence-electron chi connectivity index (χ1n) is 13.9. The Morgan fingerprint density at radius 2 is 1.93 bits per heavy atom. The highest BCUT2D eigenvalue weighted by Crippen LogP contribution is 2.39. The molecule has 0 amide bonds. The summed E-state index contributed by atoms with van der Waals surface area (Å²) >= 11 is 0. The van der Waals surface area contributed by atoms with E-state index in [1.807, 2.05) is 59.9 Å². The first-order chi connectivity index (χ1) is 18.9. The number of aromatic nitrogens is 2. The van der Waals surface area contributed by atoms with Crippen molar-refractivity contribution < 1.29 is 18.5 Å². The van der Waals surface area contributed by atoms with E-state index in [-0.39, 0.29) is 24.0 Å². The number of hydrogen-bond donors (Lipinski definition) is 3. The van der Waals surface area contributed by atoms with Crippen molar-refractivity contribution in [1.82, 2.24) is 20.0 Å². The summed E-state index contributed by atoms with van der Waals surface area (Å²) in [6.45, 7) is 15.4. The van der Waals surface area contributed by atoms with Crippen LogP contribution in [0.5, 0.6) is 5.75 Å². The van der Waals surface area contributed by atoms with Gasteiger partial charge in [-0.2, -0.15) is 0 Å². The SMILES string of the molecule is CC[C@H](N[S@@](=O)C(C)(C)C)c1ccc(OC2CNC2)c2cnc(Nc3ccc4c(n3)[C@@H](C)C(C)(C)OC4=O)cc12. The van der Waals surface area contributed by atoms with Crippen molar-refractivity contribution in [2.75, 3.05) is 18.4 Å². The second kappa shape index (κ2) is 10.7. The largest absolute Gasteiger partial charge is 0.487 e. The van der Waals surface area contributed by atoms with Crippen LogP contribution in [0.15, 0.2) is 36.5 Å². The van der Waals surface area contributed by atoms with E-state index >= 15 is 0 Å². The highest BCUT2D eigenvalue weighted by atomic mass is 32.2. The molecule has 1 saturated heterocycles. The number of anilines is 2. The first-order valence-corrected chi connectivity index (χ1v) is 15.0. The summed E-state index contributed by atoms with van der Waals surface area (Å²) in [6.07, 6.45) is 2.69. The van der Waals surface area contributed by atoms with Gasteiger partial charge < -0.3 is 20.1 Å². The number of cyclic esters (lactones) is 1. The third-order valence-electron chi connectivity index (χ3n) is 7.73. The quantitative estimate of drug-likeness (QED) is 0.316. The average molecular weight is 566 g/mol. The van der Waals surface area contributed by atoms with Gasteiger partial charge in [0, 0.05) is 36.6 Å². The highest BCUT2D eigenvalue weighted by molar-refractivity contribution is 7.84. The molecule has 2 aliphatic rings. The minimum atomic E-state index is -1.24. The number of ether oxygens (including phenoxy) is 2. The molecule has 0 unspecified atom stereocenters. The summed E-state index contributed by atoms with van der Waals surface area (Å²) in [7, 11) is -1.24. The molecule has 0 saturated carbocycles. The van der Waals surface area contributed by atoms with Crippen molar-refractivity contribution in [3.8, 4) is 5.75 Å². The molecular weight excluding hydrogens is 526 g/mol. The number of benzene rings is 1. The van der Waals surface area contributed by atoms with Crippen LogP contribution in [-0.4, -0.2) is 49.7 Å². The van der Waals surface area contributed by atoms with Crippen molar-refractivity contribution in [1.29, 1.82) is 0 Å². The Kier molecular flexibility index (Phi) is 7.62. The lowest BCUT2D eigenvalue weighted by molar-refractivity contribution is -0.0189. The maximum absolute atomic E-state index is 13.0. The van der Waals surface area contributed by atoms with Gasteiger partial charge in [0.05, 0.1) is 27.0 Å². The lowest BCUT2D eigenvalue weighted by Gasteiger charge is -2.36. The van der Waals surface area contributed by atoms with Gasteiger partial charge in [-0.05, 0) is 76.3 Å². The van der Waals surface area contributed by atoms with Crippen molar-refractivity contribution in [3.05, 3.63) is 53.3 Å².